The summed E-state index contributed by atoms with van der Waals surface area (Å²) in [6.45, 7) is 0.323. The summed E-state index contributed by atoms with van der Waals surface area (Å²) in [5.74, 6) is -0.455. The Morgan fingerprint density at radius 3 is 2.52 bits per heavy atom. The summed E-state index contributed by atoms with van der Waals surface area (Å²) in [6.07, 6.45) is 0. The van der Waals surface area contributed by atoms with Gasteiger partial charge in [0, 0.05) is 17.1 Å². The number of ether oxygens (including phenoxy) is 1. The third kappa shape index (κ3) is 3.40. The van der Waals surface area contributed by atoms with Gasteiger partial charge in [-0.15, -0.1) is 0 Å². The molecule has 0 aliphatic carbocycles. The summed E-state index contributed by atoms with van der Waals surface area (Å²) < 4.78 is 5.25. The number of carboxylic acid groups (broad SMARTS) is 1. The molecule has 0 saturated heterocycles. The van der Waals surface area contributed by atoms with Crippen LogP contribution in [0.3, 0.4) is 0 Å². The summed E-state index contributed by atoms with van der Waals surface area (Å²) in [4.78, 5) is 11.3. The van der Waals surface area contributed by atoms with E-state index in [1.54, 1.807) is 37.4 Å². The Kier molecular flexibility index (Phi) is 4.94. The number of hydrogen-bond donors (Lipinski definition) is 2. The van der Waals surface area contributed by atoms with Crippen LogP contribution in [0, 0.1) is 0 Å². The van der Waals surface area contributed by atoms with E-state index >= 15 is 0 Å². The molecular formula is C15H13Cl2NO3. The molecule has 0 bridgehead atoms. The lowest BCUT2D eigenvalue weighted by molar-refractivity contribution is 0.0698. The van der Waals surface area contributed by atoms with Crippen LogP contribution in [-0.2, 0) is 6.54 Å². The number of methoxy groups -OCH3 is 1. The van der Waals surface area contributed by atoms with Crippen molar-refractivity contribution in [1.29, 1.82) is 0 Å². The first-order valence-electron chi connectivity index (χ1n) is 6.11. The molecule has 0 heterocycles. The maximum absolute atomic E-state index is 11.3. The van der Waals surface area contributed by atoms with Crippen LogP contribution in [0.2, 0.25) is 10.0 Å². The predicted molar refractivity (Wildman–Crippen MR) is 83.7 cm³/mol. The first-order chi connectivity index (χ1) is 10.0. The zero-order valence-corrected chi connectivity index (χ0v) is 12.7. The molecule has 0 aromatic heterocycles. The van der Waals surface area contributed by atoms with Crippen LogP contribution in [-0.4, -0.2) is 18.2 Å². The van der Waals surface area contributed by atoms with Gasteiger partial charge < -0.3 is 15.2 Å². The average Bonchev–Trinajstić information content (AvgIpc) is 2.45. The summed E-state index contributed by atoms with van der Waals surface area (Å²) in [7, 11) is 1.55. The second-order valence-electron chi connectivity index (χ2n) is 4.24. The van der Waals surface area contributed by atoms with E-state index in [4.69, 9.17) is 27.9 Å². The Morgan fingerprint density at radius 2 is 1.86 bits per heavy atom. The molecule has 110 valence electrons. The SMILES string of the molecule is COc1cccc(Cl)c1CNc1cccc(Cl)c1C(=O)O. The molecule has 0 aliphatic rings. The highest BCUT2D eigenvalue weighted by Gasteiger charge is 2.15. The van der Waals surface area contributed by atoms with Crippen LogP contribution in [0.1, 0.15) is 15.9 Å². The molecule has 0 saturated carbocycles. The second-order valence-corrected chi connectivity index (χ2v) is 5.06. The third-order valence-electron chi connectivity index (χ3n) is 2.98. The summed E-state index contributed by atoms with van der Waals surface area (Å²) in [5, 5.41) is 13.0. The normalized spacial score (nSPS) is 10.2. The van der Waals surface area contributed by atoms with Gasteiger partial charge in [0.2, 0.25) is 0 Å². The highest BCUT2D eigenvalue weighted by atomic mass is 35.5. The quantitative estimate of drug-likeness (QED) is 0.859. The van der Waals surface area contributed by atoms with E-state index in [0.717, 1.165) is 5.56 Å². The van der Waals surface area contributed by atoms with E-state index in [-0.39, 0.29) is 10.6 Å². The van der Waals surface area contributed by atoms with Crippen molar-refractivity contribution in [3.05, 3.63) is 57.6 Å². The van der Waals surface area contributed by atoms with Crippen LogP contribution < -0.4 is 10.1 Å². The number of anilines is 1. The molecule has 6 heteroatoms. The smallest absolute Gasteiger partial charge is 0.339 e. The Bertz CT molecular complexity index is 674. The number of halogens is 2. The highest BCUT2D eigenvalue weighted by molar-refractivity contribution is 6.34. The van der Waals surface area contributed by atoms with Gasteiger partial charge in [-0.3, -0.25) is 0 Å². The number of rotatable bonds is 5. The van der Waals surface area contributed by atoms with Crippen molar-refractivity contribution in [3.8, 4) is 5.75 Å². The standard InChI is InChI=1S/C15H13Cl2NO3/c1-21-13-7-3-4-10(16)9(13)8-18-12-6-2-5-11(17)14(12)15(19)20/h2-7,18H,8H2,1H3,(H,19,20). The van der Waals surface area contributed by atoms with Crippen LogP contribution in [0.25, 0.3) is 0 Å². The van der Waals surface area contributed by atoms with Gasteiger partial charge in [-0.05, 0) is 24.3 Å². The Labute approximate surface area is 132 Å². The van der Waals surface area contributed by atoms with Crippen LogP contribution in [0.15, 0.2) is 36.4 Å². The molecule has 21 heavy (non-hydrogen) atoms. The first-order valence-corrected chi connectivity index (χ1v) is 6.87. The highest BCUT2D eigenvalue weighted by Crippen LogP contribution is 2.29. The Balaban J connectivity index is 2.29. The van der Waals surface area contributed by atoms with Crippen molar-refractivity contribution in [1.82, 2.24) is 0 Å². The molecule has 2 aromatic carbocycles. The zero-order valence-electron chi connectivity index (χ0n) is 11.2. The van der Waals surface area contributed by atoms with Gasteiger partial charge in [-0.2, -0.15) is 0 Å². The molecule has 0 fully saturated rings. The molecule has 2 N–H and O–H groups in total. The van der Waals surface area contributed by atoms with E-state index in [1.807, 2.05) is 0 Å². The number of benzene rings is 2. The summed E-state index contributed by atoms with van der Waals surface area (Å²) in [5.41, 5.74) is 1.21. The lowest BCUT2D eigenvalue weighted by Crippen LogP contribution is -2.08. The molecule has 2 aromatic rings. The molecule has 0 atom stereocenters. The molecule has 0 amide bonds. The largest absolute Gasteiger partial charge is 0.496 e. The van der Waals surface area contributed by atoms with Gasteiger partial charge in [0.25, 0.3) is 0 Å². The minimum absolute atomic E-state index is 0.0326. The fourth-order valence-electron chi connectivity index (χ4n) is 1.97. The van der Waals surface area contributed by atoms with Crippen molar-refractivity contribution < 1.29 is 14.6 Å². The molecule has 4 nitrogen and oxygen atoms in total. The maximum atomic E-state index is 11.3. The number of carbonyl (C=O) groups is 1. The maximum Gasteiger partial charge on any atom is 0.339 e. The van der Waals surface area contributed by atoms with Gasteiger partial charge in [-0.25, -0.2) is 4.79 Å². The fraction of sp³-hybridized carbons (Fsp3) is 0.133. The van der Waals surface area contributed by atoms with Gasteiger partial charge in [0.05, 0.1) is 17.8 Å². The number of nitrogens with one attached hydrogen (secondary N) is 1. The van der Waals surface area contributed by atoms with Gasteiger partial charge in [0.15, 0.2) is 0 Å². The van der Waals surface area contributed by atoms with Crippen molar-refractivity contribution in [2.24, 2.45) is 0 Å². The molecule has 0 unspecified atom stereocenters. The van der Waals surface area contributed by atoms with Crippen LogP contribution >= 0.6 is 23.2 Å². The van der Waals surface area contributed by atoms with Gasteiger partial charge >= 0.3 is 5.97 Å². The van der Waals surface area contributed by atoms with Crippen LogP contribution in [0.5, 0.6) is 5.75 Å². The van der Waals surface area contributed by atoms with Crippen molar-refractivity contribution in [2.75, 3.05) is 12.4 Å². The topological polar surface area (TPSA) is 58.6 Å². The Morgan fingerprint density at radius 1 is 1.19 bits per heavy atom. The Hall–Kier alpha value is -1.91. The van der Waals surface area contributed by atoms with Gasteiger partial charge in [0.1, 0.15) is 11.3 Å². The van der Waals surface area contributed by atoms with E-state index < -0.39 is 5.97 Å². The predicted octanol–water partition coefficient (Wildman–Crippen LogP) is 4.31. The van der Waals surface area contributed by atoms with Crippen molar-refractivity contribution in [3.63, 3.8) is 0 Å². The first kappa shape index (κ1) is 15.5. The van der Waals surface area contributed by atoms with Crippen molar-refractivity contribution >= 4 is 34.9 Å². The zero-order chi connectivity index (χ0) is 15.4. The number of hydrogen-bond acceptors (Lipinski definition) is 3. The molecule has 0 radical (unpaired) electrons. The lowest BCUT2D eigenvalue weighted by Gasteiger charge is -2.14. The number of carboxylic acids is 1. The minimum atomic E-state index is -1.09. The van der Waals surface area contributed by atoms with E-state index in [2.05, 4.69) is 5.32 Å². The summed E-state index contributed by atoms with van der Waals surface area (Å²) >= 11 is 12.1. The second kappa shape index (κ2) is 6.70. The molecule has 0 spiro atoms. The monoisotopic (exact) mass is 325 g/mol. The number of aromatic carboxylic acids is 1. The third-order valence-corrected chi connectivity index (χ3v) is 3.65. The average molecular weight is 326 g/mol. The lowest BCUT2D eigenvalue weighted by atomic mass is 10.1. The summed E-state index contributed by atoms with van der Waals surface area (Å²) in [6, 6.07) is 10.2. The minimum Gasteiger partial charge on any atom is -0.496 e. The molecule has 2 rings (SSSR count). The van der Waals surface area contributed by atoms with Gasteiger partial charge in [-0.1, -0.05) is 35.3 Å². The van der Waals surface area contributed by atoms with E-state index in [0.29, 0.717) is 23.0 Å². The molecule has 0 aliphatic heterocycles. The fourth-order valence-corrected chi connectivity index (χ4v) is 2.46. The van der Waals surface area contributed by atoms with E-state index in [9.17, 15) is 9.90 Å². The van der Waals surface area contributed by atoms with E-state index in [1.165, 1.54) is 6.07 Å². The molecular weight excluding hydrogens is 313 g/mol. The van der Waals surface area contributed by atoms with Crippen molar-refractivity contribution in [2.45, 2.75) is 6.54 Å². The van der Waals surface area contributed by atoms with Crippen LogP contribution in [0.4, 0.5) is 5.69 Å².